The summed E-state index contributed by atoms with van der Waals surface area (Å²) in [5, 5.41) is 10.2. The average molecular weight is 434 g/mol. The molecule has 4 nitrogen and oxygen atoms in total. The maximum Gasteiger partial charge on any atom is 0.184 e. The van der Waals surface area contributed by atoms with Crippen LogP contribution in [0.4, 0.5) is 34.1 Å². The number of para-hydroxylation sites is 2. The number of hydrogen-bond donors (Lipinski definition) is 3. The minimum absolute atomic E-state index is 0. The predicted molar refractivity (Wildman–Crippen MR) is 128 cm³/mol. The van der Waals surface area contributed by atoms with E-state index in [0.717, 1.165) is 43.9 Å². The number of benzene rings is 4. The molecular weight excluding hydrogens is 414 g/mol. The lowest BCUT2D eigenvalue weighted by Crippen LogP contribution is -2.14. The Morgan fingerprint density at radius 1 is 0.567 bits per heavy atom. The molecule has 0 spiro atoms. The lowest BCUT2D eigenvalue weighted by molar-refractivity contribution is 0.595. The van der Waals surface area contributed by atoms with Gasteiger partial charge in [-0.2, -0.15) is 0 Å². The Bertz CT molecular complexity index is 1160. The summed E-state index contributed by atoms with van der Waals surface area (Å²) in [4.78, 5) is 1.56. The minimum atomic E-state index is -1.24. The Morgan fingerprint density at radius 3 is 1.77 bits per heavy atom. The SMILES string of the molecule is Cl.[O-][S+]1c2ccc(Nc3ccccc3)cc2Nc2ccc(Nc3ccccc3)cc21. The van der Waals surface area contributed by atoms with Crippen molar-refractivity contribution in [2.75, 3.05) is 16.0 Å². The Morgan fingerprint density at radius 2 is 1.13 bits per heavy atom. The molecule has 5 rings (SSSR count). The van der Waals surface area contributed by atoms with E-state index in [1.54, 1.807) is 0 Å². The van der Waals surface area contributed by atoms with Gasteiger partial charge in [-0.15, -0.1) is 12.4 Å². The molecule has 1 unspecified atom stereocenters. The quantitative estimate of drug-likeness (QED) is 0.309. The van der Waals surface area contributed by atoms with Crippen molar-refractivity contribution in [1.82, 2.24) is 0 Å². The second kappa shape index (κ2) is 8.71. The Kier molecular flexibility index (Phi) is 5.86. The number of hydrogen-bond acceptors (Lipinski definition) is 4. The van der Waals surface area contributed by atoms with Crippen molar-refractivity contribution in [1.29, 1.82) is 0 Å². The summed E-state index contributed by atoms with van der Waals surface area (Å²) in [7, 11) is 0. The molecule has 0 fully saturated rings. The average Bonchev–Trinajstić information content (AvgIpc) is 2.76. The first-order valence-corrected chi connectivity index (χ1v) is 10.5. The predicted octanol–water partition coefficient (Wildman–Crippen LogP) is 6.82. The van der Waals surface area contributed by atoms with Crippen molar-refractivity contribution in [2.24, 2.45) is 0 Å². The third-order valence-electron chi connectivity index (χ3n) is 4.75. The molecule has 1 aliphatic heterocycles. The molecule has 4 aromatic rings. The molecule has 0 radical (unpaired) electrons. The van der Waals surface area contributed by atoms with Crippen LogP contribution in [0.1, 0.15) is 0 Å². The van der Waals surface area contributed by atoms with Crippen molar-refractivity contribution in [3.8, 4) is 0 Å². The van der Waals surface area contributed by atoms with E-state index in [1.165, 1.54) is 0 Å². The monoisotopic (exact) mass is 433 g/mol. The fourth-order valence-electron chi connectivity index (χ4n) is 3.36. The van der Waals surface area contributed by atoms with Gasteiger partial charge in [0.25, 0.3) is 0 Å². The van der Waals surface area contributed by atoms with E-state index < -0.39 is 11.2 Å². The van der Waals surface area contributed by atoms with Crippen LogP contribution in [0.5, 0.6) is 0 Å². The maximum absolute atomic E-state index is 13.2. The summed E-state index contributed by atoms with van der Waals surface area (Å²) in [5.74, 6) is 0. The van der Waals surface area contributed by atoms with E-state index in [-0.39, 0.29) is 12.4 Å². The van der Waals surface area contributed by atoms with Gasteiger partial charge in [-0.25, -0.2) is 0 Å². The third-order valence-corrected chi connectivity index (χ3v) is 6.25. The summed E-state index contributed by atoms with van der Waals surface area (Å²) in [6.45, 7) is 0. The van der Waals surface area contributed by atoms with Gasteiger partial charge < -0.3 is 20.5 Å². The molecule has 0 amide bonds. The molecule has 0 aliphatic carbocycles. The van der Waals surface area contributed by atoms with Crippen LogP contribution < -0.4 is 16.0 Å². The third kappa shape index (κ3) is 4.09. The maximum atomic E-state index is 13.2. The zero-order valence-corrected chi connectivity index (χ0v) is 17.6. The van der Waals surface area contributed by atoms with Gasteiger partial charge in [-0.3, -0.25) is 0 Å². The summed E-state index contributed by atoms with van der Waals surface area (Å²) in [6, 6.07) is 31.8. The van der Waals surface area contributed by atoms with Crippen LogP contribution in [0.3, 0.4) is 0 Å². The molecule has 3 N–H and O–H groups in total. The van der Waals surface area contributed by atoms with Gasteiger partial charge in [0, 0.05) is 40.0 Å². The lowest BCUT2D eigenvalue weighted by Gasteiger charge is -2.24. The number of anilines is 6. The van der Waals surface area contributed by atoms with E-state index in [4.69, 9.17) is 0 Å². The van der Waals surface area contributed by atoms with Gasteiger partial charge in [0.1, 0.15) is 0 Å². The van der Waals surface area contributed by atoms with Crippen LogP contribution in [-0.2, 0) is 11.2 Å². The molecular formula is C24H20ClN3OS. The lowest BCUT2D eigenvalue weighted by atomic mass is 10.2. The molecule has 0 saturated heterocycles. The standard InChI is InChI=1S/C24H19N3OS.ClH/c28-29-23-14-12-19(25-17-7-3-1-4-8-17)15-22(23)27-21-13-11-20(16-24(21)29)26-18-9-5-2-6-10-18;/h1-16,25-27H;1H. The molecule has 0 saturated carbocycles. The number of halogens is 1. The van der Waals surface area contributed by atoms with Gasteiger partial charge in [0.2, 0.25) is 0 Å². The first-order valence-electron chi connectivity index (χ1n) is 9.37. The van der Waals surface area contributed by atoms with Crippen LogP contribution in [0.25, 0.3) is 0 Å². The molecule has 1 aliphatic rings. The van der Waals surface area contributed by atoms with Gasteiger partial charge in [0.15, 0.2) is 9.79 Å². The second-order valence-corrected chi connectivity index (χ2v) is 8.21. The van der Waals surface area contributed by atoms with Gasteiger partial charge >= 0.3 is 0 Å². The zero-order chi connectivity index (χ0) is 19.6. The highest BCUT2D eigenvalue weighted by molar-refractivity contribution is 7.92. The van der Waals surface area contributed by atoms with E-state index in [2.05, 4.69) is 16.0 Å². The molecule has 6 heteroatoms. The molecule has 1 heterocycles. The summed E-state index contributed by atoms with van der Waals surface area (Å²) >= 11 is -1.24. The van der Waals surface area contributed by atoms with Gasteiger partial charge in [0.05, 0.1) is 11.4 Å². The van der Waals surface area contributed by atoms with Gasteiger partial charge in [-0.05, 0) is 54.6 Å². The first kappa shape index (κ1) is 20.2. The Balaban J connectivity index is 0.00000218. The number of rotatable bonds is 4. The van der Waals surface area contributed by atoms with Crippen molar-refractivity contribution >= 4 is 57.7 Å². The van der Waals surface area contributed by atoms with Gasteiger partial charge in [-0.1, -0.05) is 36.4 Å². The highest BCUT2D eigenvalue weighted by atomic mass is 35.5. The van der Waals surface area contributed by atoms with Crippen molar-refractivity contribution in [3.63, 3.8) is 0 Å². The van der Waals surface area contributed by atoms with E-state index in [0.29, 0.717) is 0 Å². The van der Waals surface area contributed by atoms with Crippen molar-refractivity contribution < 1.29 is 4.55 Å². The van der Waals surface area contributed by atoms with Crippen LogP contribution in [0.15, 0.2) is 107 Å². The Hall–Kier alpha value is -3.12. The molecule has 30 heavy (non-hydrogen) atoms. The fourth-order valence-corrected chi connectivity index (χ4v) is 4.65. The number of fused-ring (bicyclic) bond motifs is 2. The highest BCUT2D eigenvalue weighted by Crippen LogP contribution is 2.42. The summed E-state index contributed by atoms with van der Waals surface area (Å²) in [6.07, 6.45) is 0. The molecule has 4 aromatic carbocycles. The highest BCUT2D eigenvalue weighted by Gasteiger charge is 2.29. The van der Waals surface area contributed by atoms with Crippen LogP contribution in [-0.4, -0.2) is 4.55 Å². The van der Waals surface area contributed by atoms with Crippen LogP contribution in [0, 0.1) is 0 Å². The summed E-state index contributed by atoms with van der Waals surface area (Å²) in [5.41, 5.74) is 5.61. The van der Waals surface area contributed by atoms with Crippen molar-refractivity contribution in [3.05, 3.63) is 97.1 Å². The Labute approximate surface area is 184 Å². The van der Waals surface area contributed by atoms with Crippen LogP contribution in [0.2, 0.25) is 0 Å². The van der Waals surface area contributed by atoms with Crippen LogP contribution >= 0.6 is 12.4 Å². The van der Waals surface area contributed by atoms with E-state index in [9.17, 15) is 4.55 Å². The van der Waals surface area contributed by atoms with Crippen molar-refractivity contribution in [2.45, 2.75) is 9.79 Å². The molecule has 150 valence electrons. The second-order valence-electron chi connectivity index (χ2n) is 6.80. The molecule has 0 bridgehead atoms. The molecule has 0 aromatic heterocycles. The zero-order valence-electron chi connectivity index (χ0n) is 16.0. The number of nitrogens with one attached hydrogen (secondary N) is 3. The normalized spacial score (nSPS) is 13.8. The largest absolute Gasteiger partial charge is 0.606 e. The summed E-state index contributed by atoms with van der Waals surface area (Å²) < 4.78 is 13.2. The smallest absolute Gasteiger partial charge is 0.184 e. The fraction of sp³-hybridized carbons (Fsp3) is 0. The van der Waals surface area contributed by atoms with E-state index in [1.807, 2.05) is 97.1 Å². The van der Waals surface area contributed by atoms with E-state index >= 15 is 0 Å². The topological polar surface area (TPSA) is 59.1 Å². The molecule has 1 atom stereocenters. The minimum Gasteiger partial charge on any atom is -0.606 e. The first-order chi connectivity index (χ1) is 14.3.